The molecule has 2 heterocycles. The van der Waals surface area contributed by atoms with Gasteiger partial charge in [-0.05, 0) is 37.0 Å². The highest BCUT2D eigenvalue weighted by Crippen LogP contribution is 2.23. The van der Waals surface area contributed by atoms with Crippen LogP contribution < -0.4 is 5.32 Å². The van der Waals surface area contributed by atoms with Crippen molar-refractivity contribution in [2.75, 3.05) is 16.8 Å². The van der Waals surface area contributed by atoms with E-state index >= 15 is 0 Å². The molecule has 1 aromatic carbocycles. The van der Waals surface area contributed by atoms with Gasteiger partial charge in [-0.3, -0.25) is 9.59 Å². The maximum Gasteiger partial charge on any atom is 0.355 e. The van der Waals surface area contributed by atoms with Crippen LogP contribution in [0, 0.1) is 0 Å². The lowest BCUT2D eigenvalue weighted by molar-refractivity contribution is -0.147. The maximum atomic E-state index is 12.5. The Bertz CT molecular complexity index is 1000. The highest BCUT2D eigenvalue weighted by molar-refractivity contribution is 7.91. The van der Waals surface area contributed by atoms with Crippen molar-refractivity contribution in [2.24, 2.45) is 5.10 Å². The number of nitrogens with zero attached hydrogens (tertiary/aromatic N) is 2. The molecule has 168 valence electrons. The molecule has 31 heavy (non-hydrogen) atoms. The van der Waals surface area contributed by atoms with E-state index in [1.807, 2.05) is 12.1 Å². The fourth-order valence-electron chi connectivity index (χ4n) is 3.45. The number of carbonyl (C=O) groups is 3. The van der Waals surface area contributed by atoms with Gasteiger partial charge in [-0.1, -0.05) is 26.0 Å². The third kappa shape index (κ3) is 5.69. The molecular formula is C21H27N3O6S. The van der Waals surface area contributed by atoms with Crippen LogP contribution in [0.5, 0.6) is 0 Å². The number of ether oxygens (including phenoxy) is 1. The first-order valence-corrected chi connectivity index (χ1v) is 12.1. The van der Waals surface area contributed by atoms with Crippen molar-refractivity contribution in [1.29, 1.82) is 0 Å². The molecule has 0 aliphatic carbocycles. The highest BCUT2D eigenvalue weighted by atomic mass is 32.2. The second-order valence-electron chi connectivity index (χ2n) is 8.16. The molecule has 0 aromatic heterocycles. The number of nitrogens with one attached hydrogen (secondary N) is 1. The van der Waals surface area contributed by atoms with Crippen LogP contribution >= 0.6 is 0 Å². The summed E-state index contributed by atoms with van der Waals surface area (Å²) in [7, 11) is -3.21. The second kappa shape index (κ2) is 9.17. The third-order valence-electron chi connectivity index (χ3n) is 5.35. The van der Waals surface area contributed by atoms with Gasteiger partial charge >= 0.3 is 5.97 Å². The lowest BCUT2D eigenvalue weighted by atomic mass is 10.0. The van der Waals surface area contributed by atoms with E-state index in [4.69, 9.17) is 4.74 Å². The Morgan fingerprint density at radius 1 is 1.16 bits per heavy atom. The molecule has 3 rings (SSSR count). The number of benzene rings is 1. The largest absolute Gasteiger partial charge is 0.448 e. The van der Waals surface area contributed by atoms with E-state index in [1.54, 1.807) is 12.1 Å². The fraction of sp³-hybridized carbons (Fsp3) is 0.524. The molecule has 1 fully saturated rings. The van der Waals surface area contributed by atoms with Gasteiger partial charge in [0.2, 0.25) is 5.91 Å². The Hall–Kier alpha value is -2.75. The number of rotatable bonds is 6. The lowest BCUT2D eigenvalue weighted by Crippen LogP contribution is -2.42. The predicted molar refractivity (Wildman–Crippen MR) is 115 cm³/mol. The summed E-state index contributed by atoms with van der Waals surface area (Å²) in [6, 6.07) is 6.83. The van der Waals surface area contributed by atoms with E-state index in [2.05, 4.69) is 24.3 Å². The normalized spacial score (nSPS) is 21.5. The number of hydrogen-bond acceptors (Lipinski definition) is 7. The maximum absolute atomic E-state index is 12.5. The molecule has 2 aliphatic rings. The van der Waals surface area contributed by atoms with Crippen molar-refractivity contribution in [3.8, 4) is 0 Å². The molecule has 1 saturated heterocycles. The number of sulfone groups is 1. The minimum atomic E-state index is -3.21. The van der Waals surface area contributed by atoms with Gasteiger partial charge < -0.3 is 10.1 Å². The van der Waals surface area contributed by atoms with Crippen LogP contribution in [0.3, 0.4) is 0 Å². The number of amides is 2. The van der Waals surface area contributed by atoms with Gasteiger partial charge in [0.25, 0.3) is 5.91 Å². The summed E-state index contributed by atoms with van der Waals surface area (Å²) in [6.45, 7) is 5.60. The summed E-state index contributed by atoms with van der Waals surface area (Å²) in [5, 5.41) is 7.85. The molecule has 9 nitrogen and oxygen atoms in total. The minimum Gasteiger partial charge on any atom is -0.448 e. The van der Waals surface area contributed by atoms with Crippen LogP contribution in [0.2, 0.25) is 0 Å². The lowest BCUT2D eigenvalue weighted by Gasteiger charge is -2.27. The summed E-state index contributed by atoms with van der Waals surface area (Å²) in [5.74, 6) is -1.41. The molecule has 0 saturated carbocycles. The van der Waals surface area contributed by atoms with E-state index in [0.717, 1.165) is 10.6 Å². The Labute approximate surface area is 181 Å². The third-order valence-corrected chi connectivity index (χ3v) is 7.10. The van der Waals surface area contributed by atoms with Gasteiger partial charge in [0, 0.05) is 18.5 Å². The second-order valence-corrected chi connectivity index (χ2v) is 10.4. The van der Waals surface area contributed by atoms with E-state index in [9.17, 15) is 22.8 Å². The van der Waals surface area contributed by atoms with E-state index < -0.39 is 33.9 Å². The van der Waals surface area contributed by atoms with Gasteiger partial charge in [-0.15, -0.1) is 0 Å². The molecule has 0 radical (unpaired) electrons. The van der Waals surface area contributed by atoms with E-state index in [-0.39, 0.29) is 42.4 Å². The molecule has 2 aliphatic heterocycles. The molecule has 0 bridgehead atoms. The molecule has 2 amide bonds. The molecule has 10 heteroatoms. The predicted octanol–water partition coefficient (Wildman–Crippen LogP) is 1.85. The topological polar surface area (TPSA) is 122 Å². The number of esters is 1. The van der Waals surface area contributed by atoms with Crippen LogP contribution in [-0.4, -0.2) is 60.6 Å². The number of hydrogen-bond donors (Lipinski definition) is 1. The van der Waals surface area contributed by atoms with Crippen molar-refractivity contribution in [1.82, 2.24) is 5.01 Å². The van der Waals surface area contributed by atoms with E-state index in [1.165, 1.54) is 6.92 Å². The van der Waals surface area contributed by atoms with Crippen LogP contribution in [0.15, 0.2) is 29.4 Å². The SMILES string of the molecule is CC(OC(=O)C1=NN(C2CCS(=O)(=O)C2)C(=O)CC1)C(=O)Nc1ccc(C(C)C)cc1. The fourth-order valence-corrected chi connectivity index (χ4v) is 5.14. The van der Waals surface area contributed by atoms with Crippen molar-refractivity contribution < 1.29 is 27.5 Å². The standard InChI is InChI=1S/C21H27N3O6S/c1-13(2)15-4-6-16(7-5-15)22-20(26)14(3)30-21(27)18-8-9-19(25)24(23-18)17-10-11-31(28,29)12-17/h4-7,13-14,17H,8-12H2,1-3H3,(H,22,26). The van der Waals surface area contributed by atoms with Gasteiger partial charge in [0.1, 0.15) is 5.71 Å². The van der Waals surface area contributed by atoms with E-state index in [0.29, 0.717) is 11.6 Å². The van der Waals surface area contributed by atoms with Crippen LogP contribution in [-0.2, 0) is 29.0 Å². The number of hydrazone groups is 1. The first kappa shape index (κ1) is 22.9. The molecule has 2 atom stereocenters. The monoisotopic (exact) mass is 449 g/mol. The first-order valence-electron chi connectivity index (χ1n) is 10.3. The van der Waals surface area contributed by atoms with Crippen LogP contribution in [0.25, 0.3) is 0 Å². The minimum absolute atomic E-state index is 0.00448. The zero-order chi connectivity index (χ0) is 22.8. The zero-order valence-electron chi connectivity index (χ0n) is 17.8. The van der Waals surface area contributed by atoms with Crippen molar-refractivity contribution >= 4 is 39.0 Å². The molecule has 1 aromatic rings. The van der Waals surface area contributed by atoms with Crippen molar-refractivity contribution in [3.63, 3.8) is 0 Å². The molecular weight excluding hydrogens is 422 g/mol. The summed E-state index contributed by atoms with van der Waals surface area (Å²) in [6.07, 6.45) is -0.668. The van der Waals surface area contributed by atoms with Crippen molar-refractivity contribution in [2.45, 2.75) is 58.1 Å². The Kier molecular flexibility index (Phi) is 6.78. The molecule has 0 spiro atoms. The summed E-state index contributed by atoms with van der Waals surface area (Å²) < 4.78 is 28.6. The molecule has 2 unspecified atom stereocenters. The zero-order valence-corrected chi connectivity index (χ0v) is 18.6. The average Bonchev–Trinajstić information content (AvgIpc) is 3.08. The van der Waals surface area contributed by atoms with Crippen LogP contribution in [0.1, 0.15) is 51.5 Å². The molecule has 1 N–H and O–H groups in total. The number of anilines is 1. The Morgan fingerprint density at radius 2 is 1.84 bits per heavy atom. The van der Waals surface area contributed by atoms with Crippen molar-refractivity contribution in [3.05, 3.63) is 29.8 Å². The number of carbonyl (C=O) groups excluding carboxylic acids is 3. The average molecular weight is 450 g/mol. The Balaban J connectivity index is 1.61. The summed E-state index contributed by atoms with van der Waals surface area (Å²) in [4.78, 5) is 37.0. The summed E-state index contributed by atoms with van der Waals surface area (Å²) in [5.41, 5.74) is 1.73. The summed E-state index contributed by atoms with van der Waals surface area (Å²) >= 11 is 0. The quantitative estimate of drug-likeness (QED) is 0.662. The Morgan fingerprint density at radius 3 is 2.42 bits per heavy atom. The van der Waals surface area contributed by atoms with Gasteiger partial charge in [-0.25, -0.2) is 18.2 Å². The van der Waals surface area contributed by atoms with Gasteiger partial charge in [-0.2, -0.15) is 5.10 Å². The van der Waals surface area contributed by atoms with Gasteiger partial charge in [0.15, 0.2) is 15.9 Å². The smallest absolute Gasteiger partial charge is 0.355 e. The van der Waals surface area contributed by atoms with Crippen LogP contribution in [0.4, 0.5) is 5.69 Å². The highest BCUT2D eigenvalue weighted by Gasteiger charge is 2.37. The van der Waals surface area contributed by atoms with Gasteiger partial charge in [0.05, 0.1) is 17.5 Å². The first-order chi connectivity index (χ1) is 14.6.